The predicted molar refractivity (Wildman–Crippen MR) is 136 cm³/mol. The number of anilines is 1. The van der Waals surface area contributed by atoms with Crippen molar-refractivity contribution in [2.75, 3.05) is 19.0 Å². The van der Waals surface area contributed by atoms with Crippen molar-refractivity contribution in [3.05, 3.63) is 59.3 Å². The van der Waals surface area contributed by atoms with Crippen LogP contribution in [0.25, 0.3) is 10.9 Å². The van der Waals surface area contributed by atoms with Gasteiger partial charge in [0.2, 0.25) is 0 Å². The number of carbonyl (C=O) groups excluding carboxylic acids is 2. The lowest BCUT2D eigenvalue weighted by molar-refractivity contribution is -0.136. The average molecular weight is 494 g/mol. The van der Waals surface area contributed by atoms with Gasteiger partial charge in [0, 0.05) is 48.4 Å². The summed E-state index contributed by atoms with van der Waals surface area (Å²) in [6.07, 6.45) is 6.04. The third-order valence-corrected chi connectivity index (χ3v) is 6.45. The number of carboxylic acids is 1. The fourth-order valence-electron chi connectivity index (χ4n) is 4.62. The summed E-state index contributed by atoms with van der Waals surface area (Å²) in [5, 5.41) is 15.2. The minimum absolute atomic E-state index is 0.00398. The largest absolute Gasteiger partial charge is 0.496 e. The molecule has 1 aliphatic rings. The molecule has 1 aromatic heterocycles. The highest BCUT2D eigenvalue weighted by atomic mass is 16.6. The van der Waals surface area contributed by atoms with Crippen LogP contribution in [0.15, 0.2) is 42.6 Å². The van der Waals surface area contributed by atoms with Crippen molar-refractivity contribution in [2.24, 2.45) is 7.05 Å². The molecule has 9 heteroatoms. The van der Waals surface area contributed by atoms with Gasteiger partial charge in [-0.05, 0) is 67.1 Å². The zero-order valence-electron chi connectivity index (χ0n) is 20.5. The van der Waals surface area contributed by atoms with E-state index in [1.54, 1.807) is 19.2 Å². The number of benzene rings is 2. The highest BCUT2D eigenvalue weighted by molar-refractivity contribution is 5.95. The lowest BCUT2D eigenvalue weighted by atomic mass is 10.0. The van der Waals surface area contributed by atoms with Crippen molar-refractivity contribution >= 4 is 34.6 Å². The molecular formula is C27H31N3O6. The smallest absolute Gasteiger partial charge is 0.411 e. The number of aromatic nitrogens is 1. The second kappa shape index (κ2) is 11.2. The minimum atomic E-state index is -0.970. The van der Waals surface area contributed by atoms with Gasteiger partial charge in [-0.1, -0.05) is 6.07 Å². The van der Waals surface area contributed by atoms with Gasteiger partial charge in [-0.25, -0.2) is 4.79 Å². The van der Waals surface area contributed by atoms with Gasteiger partial charge in [0.1, 0.15) is 11.9 Å². The maximum atomic E-state index is 12.4. The highest BCUT2D eigenvalue weighted by Crippen LogP contribution is 2.30. The van der Waals surface area contributed by atoms with E-state index in [0.29, 0.717) is 23.4 Å². The van der Waals surface area contributed by atoms with Crippen molar-refractivity contribution in [3.63, 3.8) is 0 Å². The van der Waals surface area contributed by atoms with E-state index in [1.807, 2.05) is 42.1 Å². The Balaban J connectivity index is 1.51. The van der Waals surface area contributed by atoms with Crippen LogP contribution in [-0.4, -0.2) is 47.4 Å². The fraction of sp³-hybridized carbons (Fsp3) is 0.370. The lowest BCUT2D eigenvalue weighted by Gasteiger charge is -2.13. The summed E-state index contributed by atoms with van der Waals surface area (Å²) < 4.78 is 13.1. The Kier molecular flexibility index (Phi) is 7.77. The normalized spacial score (nSPS) is 13.5. The Morgan fingerprint density at radius 2 is 1.86 bits per heavy atom. The molecule has 0 saturated heterocycles. The highest BCUT2D eigenvalue weighted by Gasteiger charge is 2.20. The van der Waals surface area contributed by atoms with Crippen LogP contribution in [0.1, 0.15) is 53.6 Å². The number of aliphatic carboxylic acids is 1. The van der Waals surface area contributed by atoms with Crippen LogP contribution in [0.5, 0.6) is 5.75 Å². The Hall–Kier alpha value is -4.01. The van der Waals surface area contributed by atoms with E-state index >= 15 is 0 Å². The van der Waals surface area contributed by atoms with Crippen molar-refractivity contribution in [3.8, 4) is 5.75 Å². The number of carbonyl (C=O) groups is 3. The molecule has 190 valence electrons. The molecule has 1 aliphatic carbocycles. The molecule has 0 unspecified atom stereocenters. The Bertz CT molecular complexity index is 1280. The quantitative estimate of drug-likeness (QED) is 0.405. The van der Waals surface area contributed by atoms with E-state index in [2.05, 4.69) is 10.6 Å². The van der Waals surface area contributed by atoms with Gasteiger partial charge >= 0.3 is 12.1 Å². The van der Waals surface area contributed by atoms with Crippen LogP contribution >= 0.6 is 0 Å². The number of fused-ring (bicyclic) bond motifs is 1. The lowest BCUT2D eigenvalue weighted by Crippen LogP contribution is -2.26. The molecule has 2 amide bonds. The van der Waals surface area contributed by atoms with Gasteiger partial charge in [0.25, 0.3) is 5.91 Å². The Morgan fingerprint density at radius 1 is 1.08 bits per heavy atom. The van der Waals surface area contributed by atoms with E-state index in [1.165, 1.54) is 0 Å². The fourth-order valence-corrected chi connectivity index (χ4v) is 4.62. The molecule has 36 heavy (non-hydrogen) atoms. The molecule has 1 saturated carbocycles. The van der Waals surface area contributed by atoms with E-state index in [9.17, 15) is 14.4 Å². The second-order valence-electron chi connectivity index (χ2n) is 9.04. The first-order valence-electron chi connectivity index (χ1n) is 12.1. The van der Waals surface area contributed by atoms with Gasteiger partial charge in [-0.15, -0.1) is 0 Å². The molecule has 2 aromatic carbocycles. The van der Waals surface area contributed by atoms with Crippen LogP contribution in [0.4, 0.5) is 10.5 Å². The standard InChI is InChI=1S/C27H31N3O6/c1-30-16-19(13-17-7-8-18(14-24(17)35-2)26(33)28-12-11-25(31)32)22-15-20(9-10-23(22)30)29-27(34)36-21-5-3-4-6-21/h7-10,14-16,21H,3-6,11-13H2,1-2H3,(H,28,33)(H,29,34)(H,31,32). The molecule has 1 fully saturated rings. The monoisotopic (exact) mass is 493 g/mol. The molecule has 3 aromatic rings. The van der Waals surface area contributed by atoms with Crippen molar-refractivity contribution in [1.29, 1.82) is 0 Å². The van der Waals surface area contributed by atoms with Crippen LogP contribution < -0.4 is 15.4 Å². The first-order chi connectivity index (χ1) is 17.3. The van der Waals surface area contributed by atoms with Crippen LogP contribution in [0, 0.1) is 0 Å². The van der Waals surface area contributed by atoms with Crippen LogP contribution in [-0.2, 0) is 23.0 Å². The van der Waals surface area contributed by atoms with E-state index in [4.69, 9.17) is 14.6 Å². The molecule has 3 N–H and O–H groups in total. The molecule has 0 bridgehead atoms. The van der Waals surface area contributed by atoms with E-state index in [0.717, 1.165) is 47.7 Å². The molecule has 0 spiro atoms. The Labute approximate surface area is 209 Å². The van der Waals surface area contributed by atoms with Gasteiger partial charge < -0.3 is 24.5 Å². The molecule has 0 atom stereocenters. The predicted octanol–water partition coefficient (Wildman–Crippen LogP) is 4.47. The summed E-state index contributed by atoms with van der Waals surface area (Å²) in [5.74, 6) is -0.763. The molecule has 4 rings (SSSR count). The Morgan fingerprint density at radius 3 is 2.58 bits per heavy atom. The first-order valence-corrected chi connectivity index (χ1v) is 12.1. The number of carboxylic acid groups (broad SMARTS) is 1. The number of methoxy groups -OCH3 is 1. The number of hydrogen-bond acceptors (Lipinski definition) is 5. The second-order valence-corrected chi connectivity index (χ2v) is 9.04. The summed E-state index contributed by atoms with van der Waals surface area (Å²) in [7, 11) is 3.51. The third-order valence-electron chi connectivity index (χ3n) is 6.45. The van der Waals surface area contributed by atoms with Crippen LogP contribution in [0.2, 0.25) is 0 Å². The number of nitrogens with zero attached hydrogens (tertiary/aromatic N) is 1. The van der Waals surface area contributed by atoms with Gasteiger partial charge in [0.05, 0.1) is 13.5 Å². The zero-order valence-corrected chi connectivity index (χ0v) is 20.5. The first kappa shape index (κ1) is 25.1. The van der Waals surface area contributed by atoms with Gasteiger partial charge in [-0.2, -0.15) is 0 Å². The number of rotatable bonds is 9. The van der Waals surface area contributed by atoms with Gasteiger partial charge in [0.15, 0.2) is 0 Å². The number of hydrogen-bond donors (Lipinski definition) is 3. The maximum Gasteiger partial charge on any atom is 0.411 e. The molecule has 0 aliphatic heterocycles. The average Bonchev–Trinajstić information content (AvgIpc) is 3.46. The zero-order chi connectivity index (χ0) is 25.7. The topological polar surface area (TPSA) is 119 Å². The van der Waals surface area contributed by atoms with Crippen molar-refractivity contribution in [1.82, 2.24) is 9.88 Å². The maximum absolute atomic E-state index is 12.4. The number of aryl methyl sites for hydroxylation is 1. The molecule has 0 radical (unpaired) electrons. The number of ether oxygens (including phenoxy) is 2. The van der Waals surface area contributed by atoms with E-state index < -0.39 is 12.1 Å². The summed E-state index contributed by atoms with van der Waals surface area (Å²) in [4.78, 5) is 35.4. The van der Waals surface area contributed by atoms with Crippen molar-refractivity contribution in [2.45, 2.75) is 44.6 Å². The van der Waals surface area contributed by atoms with Gasteiger partial charge in [-0.3, -0.25) is 14.9 Å². The number of amides is 2. The summed E-state index contributed by atoms with van der Waals surface area (Å²) in [6.45, 7) is 0.0544. The summed E-state index contributed by atoms with van der Waals surface area (Å²) >= 11 is 0. The third kappa shape index (κ3) is 5.97. The van der Waals surface area contributed by atoms with Crippen molar-refractivity contribution < 1.29 is 29.0 Å². The van der Waals surface area contributed by atoms with Crippen LogP contribution in [0.3, 0.4) is 0 Å². The summed E-state index contributed by atoms with van der Waals surface area (Å²) in [5.41, 5.74) is 4.01. The molecule has 1 heterocycles. The number of nitrogens with one attached hydrogen (secondary N) is 2. The summed E-state index contributed by atoms with van der Waals surface area (Å²) in [6, 6.07) is 11.0. The molecule has 9 nitrogen and oxygen atoms in total. The minimum Gasteiger partial charge on any atom is -0.496 e. The SMILES string of the molecule is COc1cc(C(=O)NCCC(=O)O)ccc1Cc1cn(C)c2ccc(NC(=O)OC3CCCC3)cc12. The molecular weight excluding hydrogens is 462 g/mol. The van der Waals surface area contributed by atoms with E-state index in [-0.39, 0.29) is 25.0 Å².